The predicted molar refractivity (Wildman–Crippen MR) is 84.4 cm³/mol. The maximum Gasteiger partial charge on any atom is 0.326 e. The number of anilines is 1. The summed E-state index contributed by atoms with van der Waals surface area (Å²) in [6.45, 7) is 0. The number of benzene rings is 1. The van der Waals surface area contributed by atoms with E-state index in [1.807, 2.05) is 6.26 Å². The highest BCUT2D eigenvalue weighted by molar-refractivity contribution is 7.98. The minimum atomic E-state index is -1.04. The Kier molecular flexibility index (Phi) is 6.87. The molecule has 6 nitrogen and oxygen atoms in total. The standard InChI is InChI=1S/C14H20N2O4S/c1-16(11-6-4-5-7-12(11)20-2)14(19)15-10(13(17)18)8-9-21-3/h4-7,10H,8-9H2,1-3H3,(H,15,19)(H,17,18). The molecule has 1 aromatic carbocycles. The molecule has 1 aromatic rings. The van der Waals surface area contributed by atoms with Gasteiger partial charge in [-0.15, -0.1) is 0 Å². The number of para-hydroxylation sites is 2. The number of carboxylic acids is 1. The number of nitrogens with one attached hydrogen (secondary N) is 1. The van der Waals surface area contributed by atoms with Crippen molar-refractivity contribution < 1.29 is 19.4 Å². The van der Waals surface area contributed by atoms with Gasteiger partial charge in [0.05, 0.1) is 12.8 Å². The minimum absolute atomic E-state index is 0.377. The summed E-state index contributed by atoms with van der Waals surface area (Å²) in [5.74, 6) is 0.173. The largest absolute Gasteiger partial charge is 0.495 e. The molecule has 116 valence electrons. The van der Waals surface area contributed by atoms with Crippen LogP contribution >= 0.6 is 11.8 Å². The van der Waals surface area contributed by atoms with Crippen LogP contribution < -0.4 is 15.0 Å². The first-order chi connectivity index (χ1) is 10.0. The van der Waals surface area contributed by atoms with E-state index in [4.69, 9.17) is 9.84 Å². The number of rotatable bonds is 7. The topological polar surface area (TPSA) is 78.9 Å². The Labute approximate surface area is 128 Å². The lowest BCUT2D eigenvalue weighted by atomic mass is 10.2. The van der Waals surface area contributed by atoms with Crippen molar-refractivity contribution in [3.05, 3.63) is 24.3 Å². The first kappa shape index (κ1) is 17.2. The van der Waals surface area contributed by atoms with Crippen molar-refractivity contribution in [3.8, 4) is 5.75 Å². The van der Waals surface area contributed by atoms with Gasteiger partial charge in [-0.1, -0.05) is 12.1 Å². The molecule has 7 heteroatoms. The second kappa shape index (κ2) is 8.41. The highest BCUT2D eigenvalue weighted by Crippen LogP contribution is 2.26. The van der Waals surface area contributed by atoms with E-state index in [1.165, 1.54) is 23.8 Å². The molecule has 0 aliphatic carbocycles. The third-order valence-corrected chi connectivity index (χ3v) is 3.60. The smallest absolute Gasteiger partial charge is 0.326 e. The summed E-state index contributed by atoms with van der Waals surface area (Å²) in [5, 5.41) is 11.7. The van der Waals surface area contributed by atoms with Crippen LogP contribution in [0.25, 0.3) is 0 Å². The molecule has 0 aromatic heterocycles. The van der Waals surface area contributed by atoms with Gasteiger partial charge >= 0.3 is 12.0 Å². The van der Waals surface area contributed by atoms with Crippen LogP contribution in [0.3, 0.4) is 0 Å². The van der Waals surface area contributed by atoms with E-state index in [1.54, 1.807) is 31.3 Å². The SMILES string of the molecule is COc1ccccc1N(C)C(=O)NC(CCSC)C(=O)O. The van der Waals surface area contributed by atoms with Gasteiger partial charge in [0.1, 0.15) is 11.8 Å². The van der Waals surface area contributed by atoms with Crippen LogP contribution in [0.1, 0.15) is 6.42 Å². The van der Waals surface area contributed by atoms with Crippen molar-refractivity contribution in [1.29, 1.82) is 0 Å². The minimum Gasteiger partial charge on any atom is -0.495 e. The Morgan fingerprint density at radius 1 is 1.43 bits per heavy atom. The fourth-order valence-corrected chi connectivity index (χ4v) is 2.23. The Bertz CT molecular complexity index is 496. The number of urea groups is 1. The Balaban J connectivity index is 2.79. The fourth-order valence-electron chi connectivity index (χ4n) is 1.76. The van der Waals surface area contributed by atoms with Crippen LogP contribution in [0.5, 0.6) is 5.75 Å². The zero-order chi connectivity index (χ0) is 15.8. The van der Waals surface area contributed by atoms with Crippen molar-refractivity contribution >= 4 is 29.4 Å². The van der Waals surface area contributed by atoms with Gasteiger partial charge in [0.15, 0.2) is 0 Å². The van der Waals surface area contributed by atoms with Crippen LogP contribution in [-0.4, -0.2) is 49.3 Å². The highest BCUT2D eigenvalue weighted by Gasteiger charge is 2.22. The van der Waals surface area contributed by atoms with E-state index in [0.29, 0.717) is 23.6 Å². The summed E-state index contributed by atoms with van der Waals surface area (Å²) in [6.07, 6.45) is 2.27. The molecule has 0 radical (unpaired) electrons. The first-order valence-electron chi connectivity index (χ1n) is 6.40. The quantitative estimate of drug-likeness (QED) is 0.805. The summed E-state index contributed by atoms with van der Waals surface area (Å²) in [5.41, 5.74) is 0.575. The second-order valence-electron chi connectivity index (χ2n) is 4.35. The lowest BCUT2D eigenvalue weighted by Crippen LogP contribution is -2.47. The van der Waals surface area contributed by atoms with E-state index < -0.39 is 18.0 Å². The Morgan fingerprint density at radius 2 is 2.10 bits per heavy atom. The summed E-state index contributed by atoms with van der Waals surface area (Å²) in [6, 6.07) is 5.67. The Morgan fingerprint density at radius 3 is 2.67 bits per heavy atom. The zero-order valence-corrected chi connectivity index (χ0v) is 13.1. The molecule has 0 heterocycles. The molecular weight excluding hydrogens is 292 g/mol. The monoisotopic (exact) mass is 312 g/mol. The first-order valence-corrected chi connectivity index (χ1v) is 7.79. The molecule has 0 fully saturated rings. The van der Waals surface area contributed by atoms with Gasteiger partial charge in [0.25, 0.3) is 0 Å². The van der Waals surface area contributed by atoms with Gasteiger partial charge in [-0.3, -0.25) is 4.90 Å². The number of aliphatic carboxylic acids is 1. The molecule has 1 unspecified atom stereocenters. The molecule has 1 atom stereocenters. The number of carbonyl (C=O) groups excluding carboxylic acids is 1. The molecule has 1 rings (SSSR count). The second-order valence-corrected chi connectivity index (χ2v) is 5.34. The summed E-state index contributed by atoms with van der Waals surface area (Å²) in [7, 11) is 3.09. The van der Waals surface area contributed by atoms with Crippen molar-refractivity contribution in [1.82, 2.24) is 5.32 Å². The van der Waals surface area contributed by atoms with Crippen molar-refractivity contribution in [2.45, 2.75) is 12.5 Å². The van der Waals surface area contributed by atoms with Crippen LogP contribution in [-0.2, 0) is 4.79 Å². The van der Waals surface area contributed by atoms with Gasteiger partial charge in [-0.25, -0.2) is 9.59 Å². The summed E-state index contributed by atoms with van der Waals surface area (Å²) >= 11 is 1.54. The van der Waals surface area contributed by atoms with Crippen LogP contribution in [0.15, 0.2) is 24.3 Å². The number of methoxy groups -OCH3 is 1. The number of carboxylic acid groups (broad SMARTS) is 1. The summed E-state index contributed by atoms with van der Waals surface area (Å²) < 4.78 is 5.19. The van der Waals surface area contributed by atoms with Crippen molar-refractivity contribution in [2.24, 2.45) is 0 Å². The Hall–Kier alpha value is -1.89. The number of nitrogens with zero attached hydrogens (tertiary/aromatic N) is 1. The lowest BCUT2D eigenvalue weighted by Gasteiger charge is -2.22. The van der Waals surface area contributed by atoms with Crippen molar-refractivity contribution in [3.63, 3.8) is 0 Å². The fraction of sp³-hybridized carbons (Fsp3) is 0.429. The van der Waals surface area contributed by atoms with E-state index >= 15 is 0 Å². The van der Waals surface area contributed by atoms with Crippen molar-refractivity contribution in [2.75, 3.05) is 31.1 Å². The molecule has 0 bridgehead atoms. The van der Waals surface area contributed by atoms with Crippen LogP contribution in [0.2, 0.25) is 0 Å². The van der Waals surface area contributed by atoms with E-state index in [2.05, 4.69) is 5.32 Å². The molecular formula is C14H20N2O4S. The average Bonchev–Trinajstić information content (AvgIpc) is 2.49. The van der Waals surface area contributed by atoms with E-state index in [-0.39, 0.29) is 0 Å². The number of carbonyl (C=O) groups is 2. The highest BCUT2D eigenvalue weighted by atomic mass is 32.2. The zero-order valence-electron chi connectivity index (χ0n) is 12.3. The van der Waals surface area contributed by atoms with E-state index in [9.17, 15) is 9.59 Å². The number of hydrogen-bond donors (Lipinski definition) is 2. The van der Waals surface area contributed by atoms with Gasteiger partial charge < -0.3 is 15.2 Å². The van der Waals surface area contributed by atoms with E-state index in [0.717, 1.165) is 0 Å². The molecule has 2 N–H and O–H groups in total. The van der Waals surface area contributed by atoms with Gasteiger partial charge in [-0.05, 0) is 30.6 Å². The molecule has 0 saturated heterocycles. The van der Waals surface area contributed by atoms with Gasteiger partial charge in [0, 0.05) is 7.05 Å². The molecule has 0 spiro atoms. The van der Waals surface area contributed by atoms with Crippen LogP contribution in [0, 0.1) is 0 Å². The number of amides is 2. The molecule has 0 saturated carbocycles. The van der Waals surface area contributed by atoms with Gasteiger partial charge in [0.2, 0.25) is 0 Å². The third kappa shape index (κ3) is 4.86. The number of ether oxygens (including phenoxy) is 1. The lowest BCUT2D eigenvalue weighted by molar-refractivity contribution is -0.139. The third-order valence-electron chi connectivity index (χ3n) is 2.96. The summed E-state index contributed by atoms with van der Waals surface area (Å²) in [4.78, 5) is 24.7. The number of hydrogen-bond acceptors (Lipinski definition) is 4. The van der Waals surface area contributed by atoms with Crippen LogP contribution in [0.4, 0.5) is 10.5 Å². The van der Waals surface area contributed by atoms with Gasteiger partial charge in [-0.2, -0.15) is 11.8 Å². The maximum absolute atomic E-state index is 12.2. The normalized spacial score (nSPS) is 11.6. The molecule has 0 aliphatic rings. The molecule has 2 amide bonds. The molecule has 21 heavy (non-hydrogen) atoms. The predicted octanol–water partition coefficient (Wildman–Crippen LogP) is 2.05. The average molecular weight is 312 g/mol. The maximum atomic E-state index is 12.2. The number of thioether (sulfide) groups is 1. The molecule has 0 aliphatic heterocycles.